The molecule has 2 aromatic rings. The second kappa shape index (κ2) is 7.13. The van der Waals surface area contributed by atoms with Gasteiger partial charge in [-0.25, -0.2) is 26.1 Å². The van der Waals surface area contributed by atoms with Gasteiger partial charge in [-0.2, -0.15) is 0 Å². The average molecular weight is 398 g/mol. The molecule has 1 aliphatic rings. The van der Waals surface area contributed by atoms with Gasteiger partial charge in [0, 0.05) is 32.5 Å². The first-order valence-electron chi connectivity index (χ1n) is 8.45. The third kappa shape index (κ3) is 3.84. The van der Waals surface area contributed by atoms with Crippen LogP contribution in [-0.2, 0) is 32.7 Å². The fraction of sp³-hybridized carbons (Fsp3) is 0.471. The lowest BCUT2D eigenvalue weighted by Gasteiger charge is -2.30. The van der Waals surface area contributed by atoms with Gasteiger partial charge in [0.2, 0.25) is 25.0 Å². The number of benzene rings is 1. The Morgan fingerprint density at radius 3 is 2.42 bits per heavy atom. The van der Waals surface area contributed by atoms with Gasteiger partial charge < -0.3 is 4.57 Å². The molecule has 0 aliphatic carbocycles. The fourth-order valence-electron chi connectivity index (χ4n) is 3.30. The number of hydrogen-bond donors (Lipinski definition) is 0. The molecule has 9 heteroatoms. The van der Waals surface area contributed by atoms with Crippen LogP contribution in [0.25, 0.3) is 0 Å². The monoisotopic (exact) mass is 397 g/mol. The Balaban J connectivity index is 1.69. The number of sulfonamides is 1. The minimum absolute atomic E-state index is 0.0403. The van der Waals surface area contributed by atoms with Gasteiger partial charge in [-0.05, 0) is 25.3 Å². The van der Waals surface area contributed by atoms with Gasteiger partial charge in [-0.1, -0.05) is 29.8 Å². The SMILES string of the molecule is Cc1cccc(CS(=O)(=O)N2CCC(S(=O)(=O)c3nccn3C)CC2)c1. The summed E-state index contributed by atoms with van der Waals surface area (Å²) in [5.74, 6) is -0.0640. The van der Waals surface area contributed by atoms with E-state index in [2.05, 4.69) is 4.98 Å². The van der Waals surface area contributed by atoms with Crippen molar-refractivity contribution < 1.29 is 16.8 Å². The van der Waals surface area contributed by atoms with Crippen molar-refractivity contribution in [3.05, 3.63) is 47.8 Å². The van der Waals surface area contributed by atoms with E-state index in [-0.39, 0.29) is 36.8 Å². The summed E-state index contributed by atoms with van der Waals surface area (Å²) in [6, 6.07) is 7.41. The minimum Gasteiger partial charge on any atom is -0.325 e. The van der Waals surface area contributed by atoms with Gasteiger partial charge in [-0.15, -0.1) is 0 Å². The predicted molar refractivity (Wildman–Crippen MR) is 98.8 cm³/mol. The molecule has 1 saturated heterocycles. The van der Waals surface area contributed by atoms with Crippen LogP contribution in [0.15, 0.2) is 41.8 Å². The van der Waals surface area contributed by atoms with Gasteiger partial charge in [0.25, 0.3) is 0 Å². The van der Waals surface area contributed by atoms with Crippen LogP contribution < -0.4 is 0 Å². The van der Waals surface area contributed by atoms with E-state index in [1.165, 1.54) is 15.1 Å². The molecular weight excluding hydrogens is 374 g/mol. The van der Waals surface area contributed by atoms with Gasteiger partial charge >= 0.3 is 0 Å². The lowest BCUT2D eigenvalue weighted by Crippen LogP contribution is -2.43. The van der Waals surface area contributed by atoms with Crippen LogP contribution in [-0.4, -0.2) is 49.0 Å². The number of nitrogens with zero attached hydrogens (tertiary/aromatic N) is 3. The Hall–Kier alpha value is -1.71. The Morgan fingerprint density at radius 1 is 1.15 bits per heavy atom. The Labute approximate surface area is 154 Å². The molecule has 0 radical (unpaired) electrons. The number of piperidine rings is 1. The van der Waals surface area contributed by atoms with Crippen molar-refractivity contribution in [1.29, 1.82) is 0 Å². The molecule has 0 N–H and O–H groups in total. The molecule has 0 saturated carbocycles. The molecule has 26 heavy (non-hydrogen) atoms. The third-order valence-corrected chi connectivity index (χ3v) is 8.80. The summed E-state index contributed by atoms with van der Waals surface area (Å²) in [6.45, 7) is 2.34. The first-order chi connectivity index (χ1) is 12.2. The molecule has 1 fully saturated rings. The molecule has 0 amide bonds. The number of rotatable bonds is 5. The summed E-state index contributed by atoms with van der Waals surface area (Å²) in [7, 11) is -5.38. The highest BCUT2D eigenvalue weighted by Crippen LogP contribution is 2.25. The summed E-state index contributed by atoms with van der Waals surface area (Å²) in [5.41, 5.74) is 1.75. The zero-order valence-corrected chi connectivity index (χ0v) is 16.5. The molecule has 0 atom stereocenters. The number of sulfone groups is 1. The number of hydrogen-bond acceptors (Lipinski definition) is 5. The van der Waals surface area contributed by atoms with Gasteiger partial charge in [0.1, 0.15) is 0 Å². The number of imidazole rings is 1. The van der Waals surface area contributed by atoms with Crippen molar-refractivity contribution in [2.24, 2.45) is 7.05 Å². The van der Waals surface area contributed by atoms with E-state index < -0.39 is 25.1 Å². The van der Waals surface area contributed by atoms with Gasteiger partial charge in [-0.3, -0.25) is 0 Å². The molecule has 0 bridgehead atoms. The normalized spacial score (nSPS) is 17.5. The largest absolute Gasteiger partial charge is 0.325 e. The van der Waals surface area contributed by atoms with Crippen LogP contribution in [0.1, 0.15) is 24.0 Å². The van der Waals surface area contributed by atoms with E-state index in [4.69, 9.17) is 0 Å². The second-order valence-corrected chi connectivity index (χ2v) is 10.8. The minimum atomic E-state index is -3.55. The lowest BCUT2D eigenvalue weighted by molar-refractivity contribution is 0.344. The van der Waals surface area contributed by atoms with Gasteiger partial charge in [0.05, 0.1) is 11.0 Å². The Bertz CT molecular complexity index is 989. The Kier molecular flexibility index (Phi) is 5.23. The maximum absolute atomic E-state index is 12.7. The molecule has 2 heterocycles. The average Bonchev–Trinajstić information content (AvgIpc) is 3.01. The van der Waals surface area contributed by atoms with E-state index in [0.29, 0.717) is 0 Å². The van der Waals surface area contributed by atoms with Crippen molar-refractivity contribution in [2.45, 2.75) is 35.9 Å². The summed E-state index contributed by atoms with van der Waals surface area (Å²) in [5, 5.41) is -0.562. The van der Waals surface area contributed by atoms with Crippen LogP contribution in [0.4, 0.5) is 0 Å². The first-order valence-corrected chi connectivity index (χ1v) is 11.6. The lowest BCUT2D eigenvalue weighted by atomic mass is 10.2. The Morgan fingerprint density at radius 2 is 1.85 bits per heavy atom. The molecule has 3 rings (SSSR count). The van der Waals surface area contributed by atoms with E-state index in [9.17, 15) is 16.8 Å². The summed E-state index contributed by atoms with van der Waals surface area (Å²) in [4.78, 5) is 3.94. The van der Waals surface area contributed by atoms with Crippen LogP contribution >= 0.6 is 0 Å². The van der Waals surface area contributed by atoms with Crippen molar-refractivity contribution >= 4 is 19.9 Å². The third-order valence-electron chi connectivity index (χ3n) is 4.70. The van der Waals surface area contributed by atoms with E-state index in [1.807, 2.05) is 25.1 Å². The highest BCUT2D eigenvalue weighted by molar-refractivity contribution is 7.92. The van der Waals surface area contributed by atoms with Gasteiger partial charge in [0.15, 0.2) is 0 Å². The van der Waals surface area contributed by atoms with Crippen molar-refractivity contribution in [3.63, 3.8) is 0 Å². The van der Waals surface area contributed by atoms with Crippen molar-refractivity contribution in [3.8, 4) is 0 Å². The maximum Gasteiger partial charge on any atom is 0.227 e. The zero-order valence-electron chi connectivity index (χ0n) is 14.9. The van der Waals surface area contributed by atoms with Crippen molar-refractivity contribution in [1.82, 2.24) is 13.9 Å². The quantitative estimate of drug-likeness (QED) is 0.763. The van der Waals surface area contributed by atoms with Crippen LogP contribution in [0.2, 0.25) is 0 Å². The maximum atomic E-state index is 12.7. The summed E-state index contributed by atoms with van der Waals surface area (Å²) in [6.07, 6.45) is 3.60. The molecule has 1 aromatic carbocycles. The topological polar surface area (TPSA) is 89.3 Å². The molecule has 0 unspecified atom stereocenters. The van der Waals surface area contributed by atoms with Crippen LogP contribution in [0.3, 0.4) is 0 Å². The standard InChI is InChI=1S/C17H23N3O4S2/c1-14-4-3-5-15(12-14)13-25(21,22)20-9-6-16(7-10-20)26(23,24)17-18-8-11-19(17)2/h3-5,8,11-12,16H,6-7,9-10,13H2,1-2H3. The highest BCUT2D eigenvalue weighted by Gasteiger charge is 2.36. The molecule has 0 spiro atoms. The zero-order chi connectivity index (χ0) is 18.9. The van der Waals surface area contributed by atoms with Crippen LogP contribution in [0.5, 0.6) is 0 Å². The number of aryl methyl sites for hydroxylation is 2. The summed E-state index contributed by atoms with van der Waals surface area (Å²) < 4.78 is 53.6. The first kappa shape index (κ1) is 19.1. The van der Waals surface area contributed by atoms with E-state index in [1.54, 1.807) is 19.3 Å². The highest BCUT2D eigenvalue weighted by atomic mass is 32.2. The fourth-order valence-corrected chi connectivity index (χ4v) is 6.65. The summed E-state index contributed by atoms with van der Waals surface area (Å²) >= 11 is 0. The van der Waals surface area contributed by atoms with Crippen molar-refractivity contribution in [2.75, 3.05) is 13.1 Å². The molecule has 142 valence electrons. The molecule has 7 nitrogen and oxygen atoms in total. The van der Waals surface area contributed by atoms with E-state index in [0.717, 1.165) is 11.1 Å². The number of aromatic nitrogens is 2. The smallest absolute Gasteiger partial charge is 0.227 e. The molecule has 1 aliphatic heterocycles. The second-order valence-electron chi connectivity index (χ2n) is 6.71. The van der Waals surface area contributed by atoms with Crippen LogP contribution in [0, 0.1) is 6.92 Å². The van der Waals surface area contributed by atoms with E-state index >= 15 is 0 Å². The predicted octanol–water partition coefficient (Wildman–Crippen LogP) is 1.50. The molecular formula is C17H23N3O4S2. The molecule has 1 aromatic heterocycles.